The second kappa shape index (κ2) is 13.5. The lowest BCUT2D eigenvalue weighted by Crippen LogP contribution is -2.54. The number of rotatable bonds is 11. The van der Waals surface area contributed by atoms with Crippen molar-refractivity contribution in [2.75, 3.05) is 26.2 Å². The molecule has 1 aliphatic carbocycles. The molecule has 220 valence electrons. The highest BCUT2D eigenvalue weighted by molar-refractivity contribution is 5.86. The van der Waals surface area contributed by atoms with Crippen molar-refractivity contribution in [2.45, 2.75) is 83.4 Å². The normalized spacial score (nSPS) is 21.9. The molecule has 1 spiro atoms. The van der Waals surface area contributed by atoms with E-state index in [1.807, 2.05) is 49.1 Å². The maximum Gasteiger partial charge on any atom is 0.408 e. The van der Waals surface area contributed by atoms with E-state index in [1.54, 1.807) is 0 Å². The van der Waals surface area contributed by atoms with Crippen LogP contribution in [-0.4, -0.2) is 78.3 Å². The number of piperidine rings is 1. The van der Waals surface area contributed by atoms with Crippen LogP contribution < -0.4 is 16.0 Å². The number of amides is 4. The van der Waals surface area contributed by atoms with Gasteiger partial charge < -0.3 is 30.7 Å². The molecular weight excluding hydrogens is 512 g/mol. The number of likely N-dealkylation sites (tertiary alicyclic amines) is 1. The van der Waals surface area contributed by atoms with E-state index in [-0.39, 0.29) is 47.7 Å². The summed E-state index contributed by atoms with van der Waals surface area (Å²) in [5.41, 5.74) is 1.12. The van der Waals surface area contributed by atoms with Gasteiger partial charge in [0.25, 0.3) is 0 Å². The molecule has 3 aliphatic rings. The predicted octanol–water partition coefficient (Wildman–Crippen LogP) is 2.14. The Kier molecular flexibility index (Phi) is 10.1. The highest BCUT2D eigenvalue weighted by Gasteiger charge is 2.48. The van der Waals surface area contributed by atoms with Gasteiger partial charge in [-0.25, -0.2) is 4.79 Å². The van der Waals surface area contributed by atoms with Crippen LogP contribution in [0, 0.1) is 17.3 Å². The summed E-state index contributed by atoms with van der Waals surface area (Å²) in [6.07, 6.45) is 4.36. The minimum Gasteiger partial charge on any atom is -0.446 e. The molecule has 3 fully saturated rings. The largest absolute Gasteiger partial charge is 0.446 e. The van der Waals surface area contributed by atoms with Gasteiger partial charge in [0.1, 0.15) is 12.1 Å². The highest BCUT2D eigenvalue weighted by Crippen LogP contribution is 2.50. The van der Waals surface area contributed by atoms with Crippen molar-refractivity contribution in [3.8, 4) is 0 Å². The van der Waals surface area contributed by atoms with E-state index in [4.69, 9.17) is 4.74 Å². The number of aliphatic hydroxyl groups excluding tert-OH is 1. The smallest absolute Gasteiger partial charge is 0.408 e. The van der Waals surface area contributed by atoms with Crippen molar-refractivity contribution < 1.29 is 29.0 Å². The quantitative estimate of drug-likeness (QED) is 0.330. The molecule has 1 aromatic carbocycles. The Morgan fingerprint density at radius 3 is 2.42 bits per heavy atom. The molecule has 1 aromatic rings. The molecule has 0 bridgehead atoms. The Morgan fingerprint density at radius 1 is 1.12 bits per heavy atom. The van der Waals surface area contributed by atoms with Crippen molar-refractivity contribution in [3.63, 3.8) is 0 Å². The van der Waals surface area contributed by atoms with Gasteiger partial charge in [-0.15, -0.1) is 0 Å². The number of carbonyl (C=O) groups excluding carboxylic acids is 4. The van der Waals surface area contributed by atoms with Crippen LogP contribution in [0.15, 0.2) is 30.3 Å². The van der Waals surface area contributed by atoms with Crippen molar-refractivity contribution >= 4 is 23.8 Å². The summed E-state index contributed by atoms with van der Waals surface area (Å²) in [4.78, 5) is 52.3. The van der Waals surface area contributed by atoms with Crippen molar-refractivity contribution in [1.29, 1.82) is 0 Å². The minimum absolute atomic E-state index is 0.0594. The third kappa shape index (κ3) is 7.96. The summed E-state index contributed by atoms with van der Waals surface area (Å²) >= 11 is 0. The average molecular weight is 557 g/mol. The van der Waals surface area contributed by atoms with E-state index in [9.17, 15) is 24.3 Å². The summed E-state index contributed by atoms with van der Waals surface area (Å²) in [5, 5.41) is 18.1. The second-order valence-electron chi connectivity index (χ2n) is 12.2. The van der Waals surface area contributed by atoms with Crippen molar-refractivity contribution in [1.82, 2.24) is 20.9 Å². The van der Waals surface area contributed by atoms with E-state index in [0.29, 0.717) is 32.2 Å². The fourth-order valence-corrected chi connectivity index (χ4v) is 6.24. The van der Waals surface area contributed by atoms with Crippen LogP contribution in [0.1, 0.15) is 64.4 Å². The number of benzene rings is 1. The van der Waals surface area contributed by atoms with E-state index in [2.05, 4.69) is 16.0 Å². The summed E-state index contributed by atoms with van der Waals surface area (Å²) in [6.45, 7) is 5.68. The molecule has 2 saturated heterocycles. The van der Waals surface area contributed by atoms with E-state index in [0.717, 1.165) is 44.3 Å². The third-order valence-electron chi connectivity index (χ3n) is 8.58. The Hall–Kier alpha value is -3.14. The highest BCUT2D eigenvalue weighted by atomic mass is 16.6. The topological polar surface area (TPSA) is 137 Å². The molecule has 4 amide bonds. The first-order valence-electron chi connectivity index (χ1n) is 14.6. The Balaban J connectivity index is 1.20. The summed E-state index contributed by atoms with van der Waals surface area (Å²) in [6, 6.07) is 8.41. The number of ether oxygens (including phenoxy) is 1. The lowest BCUT2D eigenvalue weighted by Gasteiger charge is -2.51. The van der Waals surface area contributed by atoms with Gasteiger partial charge >= 0.3 is 6.09 Å². The molecular formula is C30H44N4O6. The third-order valence-corrected chi connectivity index (χ3v) is 8.58. The zero-order valence-electron chi connectivity index (χ0n) is 23.7. The van der Waals surface area contributed by atoms with Gasteiger partial charge in [0.15, 0.2) is 0 Å². The molecule has 0 radical (unpaired) electrons. The molecule has 2 aliphatic heterocycles. The standard InChI is InChI=1S/C30H44N4O6/c1-20(2)14-25(28(38)32-23(19-35)16-22-8-11-31-27(22)37)33-29(39)40-24-17-30(18-24)9-12-34(13-10-30)26(36)15-21-6-4-3-5-7-21/h3-7,20,22-25,35H,8-19H2,1-2H3,(H,31,37)(H,32,38)(H,33,39)/t22-,23-,25-/m0/s1. The van der Waals surface area contributed by atoms with Crippen LogP contribution >= 0.6 is 0 Å². The summed E-state index contributed by atoms with van der Waals surface area (Å²) < 4.78 is 5.67. The Bertz CT molecular complexity index is 1030. The number of nitrogens with zero attached hydrogens (tertiary/aromatic N) is 1. The Labute approximate surface area is 236 Å². The maximum atomic E-state index is 13.0. The fraction of sp³-hybridized carbons (Fsp3) is 0.667. The molecule has 0 aromatic heterocycles. The number of carbonyl (C=O) groups is 4. The molecule has 4 N–H and O–H groups in total. The van der Waals surface area contributed by atoms with Crippen molar-refractivity contribution in [3.05, 3.63) is 35.9 Å². The Morgan fingerprint density at radius 2 is 1.82 bits per heavy atom. The number of nitrogens with one attached hydrogen (secondary N) is 3. The van der Waals surface area contributed by atoms with Crippen LogP contribution in [0.2, 0.25) is 0 Å². The summed E-state index contributed by atoms with van der Waals surface area (Å²) in [7, 11) is 0. The van der Waals surface area contributed by atoms with Crippen LogP contribution in [-0.2, 0) is 25.5 Å². The molecule has 3 atom stereocenters. The second-order valence-corrected chi connectivity index (χ2v) is 12.2. The molecule has 10 heteroatoms. The molecule has 4 rings (SSSR count). The zero-order valence-corrected chi connectivity index (χ0v) is 23.7. The van der Waals surface area contributed by atoms with E-state index < -0.39 is 18.2 Å². The lowest BCUT2D eigenvalue weighted by molar-refractivity contribution is -0.136. The fourth-order valence-electron chi connectivity index (χ4n) is 6.24. The number of alkyl carbamates (subject to hydrolysis) is 1. The lowest BCUT2D eigenvalue weighted by atomic mass is 9.61. The predicted molar refractivity (Wildman–Crippen MR) is 149 cm³/mol. The van der Waals surface area contributed by atoms with Gasteiger partial charge in [-0.1, -0.05) is 44.2 Å². The molecule has 40 heavy (non-hydrogen) atoms. The van der Waals surface area contributed by atoms with Crippen LogP contribution in [0.5, 0.6) is 0 Å². The van der Waals surface area contributed by atoms with Crippen molar-refractivity contribution in [2.24, 2.45) is 17.3 Å². The zero-order chi connectivity index (χ0) is 28.7. The van der Waals surface area contributed by atoms with E-state index >= 15 is 0 Å². The average Bonchev–Trinajstić information content (AvgIpc) is 3.31. The van der Waals surface area contributed by atoms with Gasteiger partial charge in [-0.3, -0.25) is 14.4 Å². The van der Waals surface area contributed by atoms with Crippen LogP contribution in [0.4, 0.5) is 4.79 Å². The van der Waals surface area contributed by atoms with Gasteiger partial charge in [0.2, 0.25) is 17.7 Å². The van der Waals surface area contributed by atoms with Gasteiger partial charge in [-0.05, 0) is 61.8 Å². The first kappa shape index (κ1) is 29.8. The SMILES string of the molecule is CC(C)C[C@H](NC(=O)OC1CC2(CCN(C(=O)Cc3ccccc3)CC2)C1)C(=O)N[C@H](CO)C[C@@H]1CCNC1=O. The number of aliphatic hydroxyl groups is 1. The van der Waals surface area contributed by atoms with Gasteiger partial charge in [0.05, 0.1) is 19.1 Å². The van der Waals surface area contributed by atoms with Gasteiger partial charge in [0, 0.05) is 25.6 Å². The van der Waals surface area contributed by atoms with E-state index in [1.165, 1.54) is 0 Å². The summed E-state index contributed by atoms with van der Waals surface area (Å²) in [5.74, 6) is -0.391. The molecule has 1 saturated carbocycles. The molecule has 10 nitrogen and oxygen atoms in total. The minimum atomic E-state index is -0.799. The molecule has 0 unspecified atom stereocenters. The maximum absolute atomic E-state index is 13.0. The van der Waals surface area contributed by atoms with Gasteiger partial charge in [-0.2, -0.15) is 0 Å². The first-order valence-corrected chi connectivity index (χ1v) is 14.6. The monoisotopic (exact) mass is 556 g/mol. The number of hydrogen-bond acceptors (Lipinski definition) is 6. The first-order chi connectivity index (χ1) is 19.2. The van der Waals surface area contributed by atoms with Crippen LogP contribution in [0.3, 0.4) is 0 Å². The number of hydrogen-bond donors (Lipinski definition) is 4. The van der Waals surface area contributed by atoms with Crippen LogP contribution in [0.25, 0.3) is 0 Å². The molecule has 2 heterocycles.